The molecular weight excluding hydrogens is 260 g/mol. The van der Waals surface area contributed by atoms with E-state index >= 15 is 0 Å². The van der Waals surface area contributed by atoms with Gasteiger partial charge in [-0.1, -0.05) is 6.92 Å². The second-order valence-electron chi connectivity index (χ2n) is 5.37. The van der Waals surface area contributed by atoms with Crippen LogP contribution in [-0.2, 0) is 6.54 Å². The predicted octanol–water partition coefficient (Wildman–Crippen LogP) is 1.93. The maximum absolute atomic E-state index is 4.34. The molecule has 19 heavy (non-hydrogen) atoms. The van der Waals surface area contributed by atoms with E-state index < -0.39 is 0 Å². The van der Waals surface area contributed by atoms with Crippen LogP contribution in [0, 0.1) is 12.8 Å². The number of nitrogens with one attached hydrogen (secondary N) is 1. The van der Waals surface area contributed by atoms with E-state index in [1.54, 1.807) is 0 Å². The third kappa shape index (κ3) is 5.51. The van der Waals surface area contributed by atoms with Gasteiger partial charge in [0.25, 0.3) is 0 Å². The Balaban J connectivity index is 0.00000180. The first-order chi connectivity index (χ1) is 8.78. The van der Waals surface area contributed by atoms with Crippen LogP contribution in [0.15, 0.2) is 12.4 Å². The van der Waals surface area contributed by atoms with Gasteiger partial charge >= 0.3 is 0 Å². The van der Waals surface area contributed by atoms with Crippen LogP contribution in [-0.4, -0.2) is 47.4 Å². The monoisotopic (exact) mass is 286 g/mol. The molecule has 110 valence electrons. The average molecular weight is 287 g/mol. The van der Waals surface area contributed by atoms with Crippen molar-refractivity contribution >= 4 is 12.4 Å². The lowest BCUT2D eigenvalue weighted by Gasteiger charge is -2.31. The van der Waals surface area contributed by atoms with Crippen molar-refractivity contribution in [2.24, 2.45) is 5.92 Å². The van der Waals surface area contributed by atoms with E-state index in [-0.39, 0.29) is 12.4 Å². The van der Waals surface area contributed by atoms with Crippen molar-refractivity contribution in [1.82, 2.24) is 20.0 Å². The fourth-order valence-electron chi connectivity index (χ4n) is 2.60. The molecule has 1 saturated heterocycles. The van der Waals surface area contributed by atoms with Gasteiger partial charge in [-0.3, -0.25) is 4.68 Å². The molecular formula is C14H27ClN4. The van der Waals surface area contributed by atoms with Gasteiger partial charge in [-0.15, -0.1) is 12.4 Å². The molecule has 2 heterocycles. The van der Waals surface area contributed by atoms with Crippen LogP contribution in [0.3, 0.4) is 0 Å². The summed E-state index contributed by atoms with van der Waals surface area (Å²) < 4.78 is 2.06. The molecule has 1 aromatic rings. The highest BCUT2D eigenvalue weighted by molar-refractivity contribution is 5.85. The summed E-state index contributed by atoms with van der Waals surface area (Å²) in [4.78, 5) is 2.57. The van der Waals surface area contributed by atoms with Crippen molar-refractivity contribution in [3.8, 4) is 0 Å². The van der Waals surface area contributed by atoms with Gasteiger partial charge in [0.2, 0.25) is 0 Å². The van der Waals surface area contributed by atoms with Crippen LogP contribution >= 0.6 is 12.4 Å². The van der Waals surface area contributed by atoms with Gasteiger partial charge < -0.3 is 10.2 Å². The first kappa shape index (κ1) is 16.5. The fourth-order valence-corrected chi connectivity index (χ4v) is 2.60. The number of aromatic nitrogens is 2. The third-order valence-corrected chi connectivity index (χ3v) is 3.80. The third-order valence-electron chi connectivity index (χ3n) is 3.80. The second kappa shape index (κ2) is 8.56. The topological polar surface area (TPSA) is 33.1 Å². The van der Waals surface area contributed by atoms with E-state index in [9.17, 15) is 0 Å². The second-order valence-corrected chi connectivity index (χ2v) is 5.37. The normalized spacial score (nSPS) is 17.4. The molecule has 4 nitrogen and oxygen atoms in total. The van der Waals surface area contributed by atoms with Crippen molar-refractivity contribution in [2.75, 3.05) is 32.7 Å². The minimum absolute atomic E-state index is 0. The van der Waals surface area contributed by atoms with Crippen LogP contribution in [0.2, 0.25) is 0 Å². The highest BCUT2D eigenvalue weighted by Crippen LogP contribution is 2.16. The van der Waals surface area contributed by atoms with E-state index in [1.807, 2.05) is 6.20 Å². The summed E-state index contributed by atoms with van der Waals surface area (Å²) in [6.45, 7) is 11.2. The van der Waals surface area contributed by atoms with Crippen LogP contribution in [0.25, 0.3) is 0 Å². The lowest BCUT2D eigenvalue weighted by Crippen LogP contribution is -2.38. The molecule has 0 spiro atoms. The number of halogens is 1. The molecule has 5 heteroatoms. The van der Waals surface area contributed by atoms with E-state index in [2.05, 4.69) is 40.0 Å². The Hall–Kier alpha value is -0.580. The summed E-state index contributed by atoms with van der Waals surface area (Å²) in [5, 5.41) is 7.80. The Morgan fingerprint density at radius 3 is 2.63 bits per heavy atom. The Morgan fingerprint density at radius 1 is 1.32 bits per heavy atom. The standard InChI is InChI=1S/C14H26N4.ClH/c1-3-15-11-14-4-6-17(7-5-14)8-9-18-12-13(2)10-16-18;/h10,12,14-15H,3-9,11H2,1-2H3;1H. The van der Waals surface area contributed by atoms with Crippen LogP contribution < -0.4 is 5.32 Å². The molecule has 0 saturated carbocycles. The molecule has 0 aliphatic carbocycles. The number of nitrogens with zero attached hydrogens (tertiary/aromatic N) is 3. The molecule has 0 amide bonds. The smallest absolute Gasteiger partial charge is 0.0536 e. The molecule has 0 bridgehead atoms. The molecule has 0 unspecified atom stereocenters. The van der Waals surface area contributed by atoms with Gasteiger partial charge in [0.15, 0.2) is 0 Å². The van der Waals surface area contributed by atoms with Crippen LogP contribution in [0.1, 0.15) is 25.3 Å². The van der Waals surface area contributed by atoms with Crippen molar-refractivity contribution in [1.29, 1.82) is 0 Å². The summed E-state index contributed by atoms with van der Waals surface area (Å²) in [5.74, 6) is 0.883. The Bertz CT molecular complexity index is 345. The molecule has 0 aromatic carbocycles. The molecule has 0 atom stereocenters. The number of piperidine rings is 1. The molecule has 2 rings (SSSR count). The van der Waals surface area contributed by atoms with Crippen molar-refractivity contribution in [3.63, 3.8) is 0 Å². The number of hydrogen-bond donors (Lipinski definition) is 1. The quantitative estimate of drug-likeness (QED) is 0.868. The summed E-state index contributed by atoms with van der Waals surface area (Å²) >= 11 is 0. The van der Waals surface area contributed by atoms with Crippen LogP contribution in [0.5, 0.6) is 0 Å². The number of aryl methyl sites for hydroxylation is 1. The van der Waals surface area contributed by atoms with E-state index in [1.165, 1.54) is 38.0 Å². The fraction of sp³-hybridized carbons (Fsp3) is 0.786. The molecule has 1 aliphatic heterocycles. The van der Waals surface area contributed by atoms with E-state index in [0.717, 1.165) is 25.6 Å². The summed E-state index contributed by atoms with van der Waals surface area (Å²) in [5.41, 5.74) is 1.25. The highest BCUT2D eigenvalue weighted by Gasteiger charge is 2.18. The van der Waals surface area contributed by atoms with Gasteiger partial charge in [0.1, 0.15) is 0 Å². The van der Waals surface area contributed by atoms with E-state index in [4.69, 9.17) is 0 Å². The first-order valence-corrected chi connectivity index (χ1v) is 7.20. The lowest BCUT2D eigenvalue weighted by molar-refractivity contribution is 0.175. The molecule has 0 radical (unpaired) electrons. The zero-order valence-electron chi connectivity index (χ0n) is 12.1. The Kier molecular flexibility index (Phi) is 7.42. The Labute approximate surface area is 123 Å². The van der Waals surface area contributed by atoms with Gasteiger partial charge in [-0.05, 0) is 57.4 Å². The first-order valence-electron chi connectivity index (χ1n) is 7.20. The minimum atomic E-state index is 0. The number of rotatable bonds is 6. The highest BCUT2D eigenvalue weighted by atomic mass is 35.5. The number of hydrogen-bond acceptors (Lipinski definition) is 3. The largest absolute Gasteiger partial charge is 0.317 e. The van der Waals surface area contributed by atoms with E-state index in [0.29, 0.717) is 0 Å². The molecule has 1 N–H and O–H groups in total. The minimum Gasteiger partial charge on any atom is -0.317 e. The average Bonchev–Trinajstić information content (AvgIpc) is 2.81. The Morgan fingerprint density at radius 2 is 2.05 bits per heavy atom. The summed E-state index contributed by atoms with van der Waals surface area (Å²) in [7, 11) is 0. The maximum atomic E-state index is 4.34. The SMILES string of the molecule is CCNCC1CCN(CCn2cc(C)cn2)CC1.Cl. The zero-order chi connectivity index (χ0) is 12.8. The van der Waals surface area contributed by atoms with Crippen LogP contribution in [0.4, 0.5) is 0 Å². The predicted molar refractivity (Wildman–Crippen MR) is 81.9 cm³/mol. The molecule has 1 fully saturated rings. The number of likely N-dealkylation sites (tertiary alicyclic amines) is 1. The lowest BCUT2D eigenvalue weighted by atomic mass is 9.97. The summed E-state index contributed by atoms with van der Waals surface area (Å²) in [6, 6.07) is 0. The summed E-state index contributed by atoms with van der Waals surface area (Å²) in [6.07, 6.45) is 6.73. The van der Waals surface area contributed by atoms with Crippen molar-refractivity contribution in [3.05, 3.63) is 18.0 Å². The van der Waals surface area contributed by atoms with Crippen molar-refractivity contribution in [2.45, 2.75) is 33.2 Å². The zero-order valence-corrected chi connectivity index (χ0v) is 13.0. The van der Waals surface area contributed by atoms with Gasteiger partial charge in [0.05, 0.1) is 12.7 Å². The molecule has 1 aromatic heterocycles. The van der Waals surface area contributed by atoms with Gasteiger partial charge in [-0.25, -0.2) is 0 Å². The van der Waals surface area contributed by atoms with Gasteiger partial charge in [-0.2, -0.15) is 5.10 Å². The van der Waals surface area contributed by atoms with Gasteiger partial charge in [0, 0.05) is 12.7 Å². The maximum Gasteiger partial charge on any atom is 0.0536 e. The van der Waals surface area contributed by atoms with Crippen molar-refractivity contribution < 1.29 is 0 Å². The molecule has 1 aliphatic rings.